The maximum absolute atomic E-state index is 5.43. The Balaban J connectivity index is 1.69. The monoisotopic (exact) mass is 240 g/mol. The second-order valence-electron chi connectivity index (χ2n) is 5.78. The summed E-state index contributed by atoms with van der Waals surface area (Å²) in [7, 11) is 2.27. The van der Waals surface area contributed by atoms with E-state index in [0.717, 1.165) is 31.7 Å². The van der Waals surface area contributed by atoms with Crippen molar-refractivity contribution in [3.05, 3.63) is 0 Å². The zero-order valence-corrected chi connectivity index (χ0v) is 11.5. The van der Waals surface area contributed by atoms with E-state index in [1.807, 2.05) is 0 Å². The average Bonchev–Trinajstić information content (AvgIpc) is 2.38. The zero-order valence-electron chi connectivity index (χ0n) is 11.5. The van der Waals surface area contributed by atoms with Crippen molar-refractivity contribution in [3.8, 4) is 0 Å². The lowest BCUT2D eigenvalue weighted by atomic mass is 9.92. The third kappa shape index (κ3) is 3.94. The molecule has 2 aliphatic rings. The summed E-state index contributed by atoms with van der Waals surface area (Å²) >= 11 is 0. The van der Waals surface area contributed by atoms with Crippen LogP contribution < -0.4 is 5.32 Å². The van der Waals surface area contributed by atoms with Crippen molar-refractivity contribution in [2.45, 2.75) is 51.1 Å². The van der Waals surface area contributed by atoms with Gasteiger partial charge in [0.1, 0.15) is 0 Å². The Hall–Kier alpha value is -0.120. The van der Waals surface area contributed by atoms with Crippen LogP contribution in [-0.4, -0.2) is 50.3 Å². The second-order valence-corrected chi connectivity index (χ2v) is 5.78. The highest BCUT2D eigenvalue weighted by molar-refractivity contribution is 4.80. The molecule has 2 rings (SSSR count). The van der Waals surface area contributed by atoms with Gasteiger partial charge >= 0.3 is 0 Å². The molecule has 0 saturated carbocycles. The highest BCUT2D eigenvalue weighted by Gasteiger charge is 2.23. The number of hydrogen-bond acceptors (Lipinski definition) is 3. The van der Waals surface area contributed by atoms with Crippen molar-refractivity contribution in [3.63, 3.8) is 0 Å². The Labute approximate surface area is 106 Å². The van der Waals surface area contributed by atoms with Crippen LogP contribution in [-0.2, 0) is 4.74 Å². The lowest BCUT2D eigenvalue weighted by Gasteiger charge is -2.35. The molecule has 2 unspecified atom stereocenters. The van der Waals surface area contributed by atoms with E-state index in [0.29, 0.717) is 6.04 Å². The summed E-state index contributed by atoms with van der Waals surface area (Å²) in [5.74, 6) is 0.817. The van der Waals surface area contributed by atoms with Crippen molar-refractivity contribution in [2.75, 3.05) is 33.4 Å². The topological polar surface area (TPSA) is 24.5 Å². The standard InChI is InChI=1S/C14H28N2O/c1-12(13-6-9-17-10-7-13)15-11-14-5-3-4-8-16(14)2/h12-15H,3-11H2,1-2H3. The van der Waals surface area contributed by atoms with Gasteiger partial charge in [-0.15, -0.1) is 0 Å². The molecule has 0 aliphatic carbocycles. The summed E-state index contributed by atoms with van der Waals surface area (Å²) < 4.78 is 5.43. The largest absolute Gasteiger partial charge is 0.381 e. The maximum Gasteiger partial charge on any atom is 0.0469 e. The van der Waals surface area contributed by atoms with E-state index in [4.69, 9.17) is 4.74 Å². The maximum atomic E-state index is 5.43. The van der Waals surface area contributed by atoms with Gasteiger partial charge in [0, 0.05) is 31.8 Å². The van der Waals surface area contributed by atoms with Crippen LogP contribution in [0, 0.1) is 5.92 Å². The Bertz CT molecular complexity index is 216. The van der Waals surface area contributed by atoms with Gasteiger partial charge in [-0.3, -0.25) is 0 Å². The van der Waals surface area contributed by atoms with Gasteiger partial charge in [0.2, 0.25) is 0 Å². The molecule has 0 aromatic heterocycles. The molecule has 2 aliphatic heterocycles. The van der Waals surface area contributed by atoms with Gasteiger partial charge in [-0.05, 0) is 52.1 Å². The van der Waals surface area contributed by atoms with Gasteiger partial charge in [-0.1, -0.05) is 6.42 Å². The van der Waals surface area contributed by atoms with Crippen molar-refractivity contribution in [2.24, 2.45) is 5.92 Å². The molecule has 3 nitrogen and oxygen atoms in total. The van der Waals surface area contributed by atoms with Gasteiger partial charge in [0.25, 0.3) is 0 Å². The van der Waals surface area contributed by atoms with Crippen LogP contribution in [0.3, 0.4) is 0 Å². The van der Waals surface area contributed by atoms with Crippen LogP contribution in [0.25, 0.3) is 0 Å². The second kappa shape index (κ2) is 6.72. The molecule has 0 aromatic carbocycles. The predicted octanol–water partition coefficient (Wildman–Crippen LogP) is 1.88. The lowest BCUT2D eigenvalue weighted by Crippen LogP contribution is -2.47. The molecule has 0 radical (unpaired) electrons. The summed E-state index contributed by atoms with van der Waals surface area (Å²) in [6.45, 7) is 6.70. The quantitative estimate of drug-likeness (QED) is 0.812. The van der Waals surface area contributed by atoms with E-state index in [1.165, 1.54) is 38.6 Å². The highest BCUT2D eigenvalue weighted by atomic mass is 16.5. The van der Waals surface area contributed by atoms with Crippen LogP contribution in [0.4, 0.5) is 0 Å². The number of likely N-dealkylation sites (tertiary alicyclic amines) is 1. The molecule has 3 heteroatoms. The number of likely N-dealkylation sites (N-methyl/N-ethyl adjacent to an activating group) is 1. The molecule has 2 fully saturated rings. The average molecular weight is 240 g/mol. The number of nitrogens with one attached hydrogen (secondary N) is 1. The number of hydrogen-bond donors (Lipinski definition) is 1. The third-order valence-electron chi connectivity index (χ3n) is 4.57. The van der Waals surface area contributed by atoms with Crippen molar-refractivity contribution in [1.29, 1.82) is 0 Å². The molecular weight excluding hydrogens is 212 g/mol. The van der Waals surface area contributed by atoms with Gasteiger partial charge in [0.15, 0.2) is 0 Å². The summed E-state index contributed by atoms with van der Waals surface area (Å²) in [4.78, 5) is 2.52. The van der Waals surface area contributed by atoms with E-state index < -0.39 is 0 Å². The highest BCUT2D eigenvalue weighted by Crippen LogP contribution is 2.19. The summed E-state index contributed by atoms with van der Waals surface area (Å²) in [6, 6.07) is 1.40. The lowest BCUT2D eigenvalue weighted by molar-refractivity contribution is 0.0544. The fourth-order valence-electron chi connectivity index (χ4n) is 3.11. The third-order valence-corrected chi connectivity index (χ3v) is 4.57. The fraction of sp³-hybridized carbons (Fsp3) is 1.00. The van der Waals surface area contributed by atoms with Crippen LogP contribution in [0.5, 0.6) is 0 Å². The van der Waals surface area contributed by atoms with E-state index in [-0.39, 0.29) is 0 Å². The van der Waals surface area contributed by atoms with E-state index >= 15 is 0 Å². The van der Waals surface area contributed by atoms with E-state index in [2.05, 4.69) is 24.2 Å². The van der Waals surface area contributed by atoms with Crippen LogP contribution in [0.15, 0.2) is 0 Å². The molecule has 2 atom stereocenters. The SMILES string of the molecule is CC(NCC1CCCCN1C)C1CCOCC1. The molecule has 100 valence electrons. The van der Waals surface area contributed by atoms with Crippen LogP contribution >= 0.6 is 0 Å². The minimum atomic E-state index is 0.647. The molecule has 2 saturated heterocycles. The van der Waals surface area contributed by atoms with Gasteiger partial charge in [0.05, 0.1) is 0 Å². The van der Waals surface area contributed by atoms with Gasteiger partial charge in [-0.2, -0.15) is 0 Å². The van der Waals surface area contributed by atoms with E-state index in [9.17, 15) is 0 Å². The number of nitrogens with zero attached hydrogens (tertiary/aromatic N) is 1. The Morgan fingerprint density at radius 1 is 1.24 bits per heavy atom. The number of rotatable bonds is 4. The fourth-order valence-corrected chi connectivity index (χ4v) is 3.11. The Morgan fingerprint density at radius 2 is 2.00 bits per heavy atom. The predicted molar refractivity (Wildman–Crippen MR) is 71.3 cm³/mol. The smallest absolute Gasteiger partial charge is 0.0469 e. The number of ether oxygens (including phenoxy) is 1. The first-order chi connectivity index (χ1) is 8.27. The minimum Gasteiger partial charge on any atom is -0.381 e. The van der Waals surface area contributed by atoms with Gasteiger partial charge in [-0.25, -0.2) is 0 Å². The summed E-state index contributed by atoms with van der Waals surface area (Å²) in [5.41, 5.74) is 0. The van der Waals surface area contributed by atoms with E-state index in [1.54, 1.807) is 0 Å². The Kier molecular flexibility index (Phi) is 5.26. The molecule has 0 bridgehead atoms. The van der Waals surface area contributed by atoms with Crippen LogP contribution in [0.2, 0.25) is 0 Å². The minimum absolute atomic E-state index is 0.647. The Morgan fingerprint density at radius 3 is 2.71 bits per heavy atom. The summed E-state index contributed by atoms with van der Waals surface area (Å²) in [6.07, 6.45) is 6.61. The van der Waals surface area contributed by atoms with Crippen LogP contribution in [0.1, 0.15) is 39.0 Å². The van der Waals surface area contributed by atoms with Crippen molar-refractivity contribution >= 4 is 0 Å². The molecule has 0 amide bonds. The molecule has 0 aromatic rings. The zero-order chi connectivity index (χ0) is 12.1. The van der Waals surface area contributed by atoms with Crippen molar-refractivity contribution in [1.82, 2.24) is 10.2 Å². The van der Waals surface area contributed by atoms with Gasteiger partial charge < -0.3 is 15.0 Å². The first kappa shape index (κ1) is 13.3. The van der Waals surface area contributed by atoms with Crippen molar-refractivity contribution < 1.29 is 4.74 Å². The summed E-state index contributed by atoms with van der Waals surface area (Å²) in [5, 5.41) is 3.76. The molecule has 0 spiro atoms. The number of piperidine rings is 1. The molecular formula is C14H28N2O. The normalized spacial score (nSPS) is 30.4. The first-order valence-corrected chi connectivity index (χ1v) is 7.28. The molecule has 17 heavy (non-hydrogen) atoms. The molecule has 2 heterocycles. The first-order valence-electron chi connectivity index (χ1n) is 7.28. The molecule has 1 N–H and O–H groups in total.